The Hall–Kier alpha value is -1.18. The molecule has 5 nitrogen and oxygen atoms in total. The summed E-state index contributed by atoms with van der Waals surface area (Å²) < 4.78 is 43.1. The molecule has 1 aliphatic heterocycles. The molecular formula is C12H12ClFO5S. The maximum absolute atomic E-state index is 13.6. The predicted molar refractivity (Wildman–Crippen MR) is 69.4 cm³/mol. The van der Waals surface area contributed by atoms with Gasteiger partial charge in [0.05, 0.1) is 27.3 Å². The molecule has 1 aromatic rings. The van der Waals surface area contributed by atoms with Crippen molar-refractivity contribution >= 4 is 27.4 Å². The van der Waals surface area contributed by atoms with Crippen LogP contribution in [-0.4, -0.2) is 38.0 Å². The number of benzene rings is 1. The van der Waals surface area contributed by atoms with Gasteiger partial charge in [-0.1, -0.05) is 11.6 Å². The fourth-order valence-corrected chi connectivity index (χ4v) is 3.73. The summed E-state index contributed by atoms with van der Waals surface area (Å²) in [5.41, 5.74) is -0.572. The molecule has 1 saturated heterocycles. The minimum atomic E-state index is -3.83. The molecule has 0 saturated carbocycles. The van der Waals surface area contributed by atoms with E-state index in [1.807, 2.05) is 0 Å². The highest BCUT2D eigenvalue weighted by Crippen LogP contribution is 2.26. The highest BCUT2D eigenvalue weighted by Gasteiger charge is 2.27. The predicted octanol–water partition coefficient (Wildman–Crippen LogP) is 2.13. The average molecular weight is 323 g/mol. The Balaban J connectivity index is 2.38. The molecule has 1 heterocycles. The van der Waals surface area contributed by atoms with E-state index in [1.54, 1.807) is 0 Å². The molecule has 0 aromatic heterocycles. The van der Waals surface area contributed by atoms with Gasteiger partial charge in [-0.2, -0.15) is 0 Å². The molecule has 20 heavy (non-hydrogen) atoms. The SMILES string of the molecule is O=C(O)c1cc(S(=O)(=O)CC2CCCO2)cc(F)c1Cl. The van der Waals surface area contributed by atoms with Crippen molar-refractivity contribution in [2.75, 3.05) is 12.4 Å². The summed E-state index contributed by atoms with van der Waals surface area (Å²) in [7, 11) is -3.83. The van der Waals surface area contributed by atoms with E-state index in [-0.39, 0.29) is 5.75 Å². The molecule has 1 unspecified atom stereocenters. The first-order chi connectivity index (χ1) is 9.31. The van der Waals surface area contributed by atoms with Crippen LogP contribution in [0.2, 0.25) is 5.02 Å². The Morgan fingerprint density at radius 1 is 1.50 bits per heavy atom. The van der Waals surface area contributed by atoms with E-state index in [4.69, 9.17) is 21.4 Å². The molecule has 0 spiro atoms. The highest BCUT2D eigenvalue weighted by molar-refractivity contribution is 7.91. The van der Waals surface area contributed by atoms with E-state index in [0.717, 1.165) is 18.6 Å². The number of carbonyl (C=O) groups is 1. The summed E-state index contributed by atoms with van der Waals surface area (Å²) >= 11 is 5.51. The molecule has 8 heteroatoms. The van der Waals surface area contributed by atoms with Crippen LogP contribution in [0.5, 0.6) is 0 Å². The zero-order chi connectivity index (χ0) is 14.9. The Morgan fingerprint density at radius 2 is 2.20 bits per heavy atom. The normalized spacial score (nSPS) is 19.2. The van der Waals surface area contributed by atoms with Gasteiger partial charge in [0.2, 0.25) is 0 Å². The molecule has 1 fully saturated rings. The lowest BCUT2D eigenvalue weighted by Crippen LogP contribution is -2.20. The molecule has 1 atom stereocenters. The van der Waals surface area contributed by atoms with Crippen LogP contribution in [-0.2, 0) is 14.6 Å². The second kappa shape index (κ2) is 5.67. The lowest BCUT2D eigenvalue weighted by molar-refractivity contribution is 0.0696. The van der Waals surface area contributed by atoms with Crippen LogP contribution in [0.1, 0.15) is 23.2 Å². The lowest BCUT2D eigenvalue weighted by Gasteiger charge is -2.11. The van der Waals surface area contributed by atoms with Gasteiger partial charge in [-0.15, -0.1) is 0 Å². The molecular weight excluding hydrogens is 311 g/mol. The van der Waals surface area contributed by atoms with Gasteiger partial charge in [-0.05, 0) is 25.0 Å². The van der Waals surface area contributed by atoms with Crippen molar-refractivity contribution in [3.8, 4) is 0 Å². The van der Waals surface area contributed by atoms with E-state index in [9.17, 15) is 17.6 Å². The van der Waals surface area contributed by atoms with Crippen LogP contribution in [0.15, 0.2) is 17.0 Å². The molecule has 0 aliphatic carbocycles. The van der Waals surface area contributed by atoms with Crippen LogP contribution in [0, 0.1) is 5.82 Å². The van der Waals surface area contributed by atoms with Crippen molar-refractivity contribution in [1.82, 2.24) is 0 Å². The maximum atomic E-state index is 13.6. The van der Waals surface area contributed by atoms with Crippen LogP contribution in [0.25, 0.3) is 0 Å². The second-order valence-corrected chi connectivity index (χ2v) is 6.90. The fourth-order valence-electron chi connectivity index (χ4n) is 2.02. The van der Waals surface area contributed by atoms with Gasteiger partial charge < -0.3 is 9.84 Å². The summed E-state index contributed by atoms with van der Waals surface area (Å²) in [6, 6.07) is 1.61. The van der Waals surface area contributed by atoms with Gasteiger partial charge >= 0.3 is 5.97 Å². The Kier molecular flexibility index (Phi) is 4.31. The zero-order valence-electron chi connectivity index (χ0n) is 10.3. The number of hydrogen-bond acceptors (Lipinski definition) is 4. The molecule has 1 N–H and O–H groups in total. The van der Waals surface area contributed by atoms with Crippen LogP contribution >= 0.6 is 11.6 Å². The smallest absolute Gasteiger partial charge is 0.337 e. The summed E-state index contributed by atoms with van der Waals surface area (Å²) in [5.74, 6) is -2.85. The largest absolute Gasteiger partial charge is 0.478 e. The molecule has 2 rings (SSSR count). The summed E-state index contributed by atoms with van der Waals surface area (Å²) in [6.07, 6.45) is 0.948. The van der Waals surface area contributed by atoms with Gasteiger partial charge in [-0.3, -0.25) is 0 Å². The third-order valence-corrected chi connectivity index (χ3v) is 5.17. The minimum Gasteiger partial charge on any atom is -0.478 e. The van der Waals surface area contributed by atoms with Crippen molar-refractivity contribution in [3.05, 3.63) is 28.5 Å². The van der Waals surface area contributed by atoms with Gasteiger partial charge in [0.1, 0.15) is 5.82 Å². The van der Waals surface area contributed by atoms with Gasteiger partial charge in [0.25, 0.3) is 0 Å². The average Bonchev–Trinajstić information content (AvgIpc) is 2.83. The molecule has 0 bridgehead atoms. The van der Waals surface area contributed by atoms with Crippen LogP contribution < -0.4 is 0 Å². The summed E-state index contributed by atoms with van der Waals surface area (Å²) in [6.45, 7) is 0.496. The number of halogens is 2. The van der Waals surface area contributed by atoms with Crippen molar-refractivity contribution in [2.45, 2.75) is 23.8 Å². The van der Waals surface area contributed by atoms with Gasteiger partial charge in [0.15, 0.2) is 9.84 Å². The maximum Gasteiger partial charge on any atom is 0.337 e. The Bertz CT molecular complexity index is 637. The van der Waals surface area contributed by atoms with E-state index >= 15 is 0 Å². The van der Waals surface area contributed by atoms with Crippen molar-refractivity contribution < 1.29 is 27.4 Å². The third-order valence-electron chi connectivity index (χ3n) is 3.02. The monoisotopic (exact) mass is 322 g/mol. The molecule has 0 amide bonds. The number of sulfone groups is 1. The number of carboxylic acid groups (broad SMARTS) is 1. The summed E-state index contributed by atoms with van der Waals surface area (Å²) in [4.78, 5) is 10.5. The first-order valence-corrected chi connectivity index (χ1v) is 7.91. The first kappa shape index (κ1) is 15.2. The standard InChI is InChI=1S/C12H12ClFO5S/c13-11-9(12(15)16)4-8(5-10(11)14)20(17,18)6-7-2-1-3-19-7/h4-5,7H,1-3,6H2,(H,15,16). The van der Waals surface area contributed by atoms with Crippen molar-refractivity contribution in [2.24, 2.45) is 0 Å². The fraction of sp³-hybridized carbons (Fsp3) is 0.417. The van der Waals surface area contributed by atoms with Crippen LogP contribution in [0.3, 0.4) is 0 Å². The lowest BCUT2D eigenvalue weighted by atomic mass is 10.2. The molecule has 0 radical (unpaired) electrons. The van der Waals surface area contributed by atoms with E-state index < -0.39 is 43.2 Å². The Labute approximate surface area is 120 Å². The van der Waals surface area contributed by atoms with E-state index in [2.05, 4.69) is 0 Å². The quantitative estimate of drug-likeness (QED) is 0.918. The number of carboxylic acids is 1. The number of ether oxygens (including phenoxy) is 1. The zero-order valence-corrected chi connectivity index (χ0v) is 11.9. The van der Waals surface area contributed by atoms with Crippen molar-refractivity contribution in [3.63, 3.8) is 0 Å². The molecule has 110 valence electrons. The number of rotatable bonds is 4. The number of aromatic carboxylic acids is 1. The van der Waals surface area contributed by atoms with Gasteiger partial charge in [0, 0.05) is 6.61 Å². The first-order valence-electron chi connectivity index (χ1n) is 5.88. The van der Waals surface area contributed by atoms with E-state index in [1.165, 1.54) is 0 Å². The molecule has 1 aromatic carbocycles. The van der Waals surface area contributed by atoms with Crippen LogP contribution in [0.4, 0.5) is 4.39 Å². The third kappa shape index (κ3) is 3.11. The molecule has 1 aliphatic rings. The van der Waals surface area contributed by atoms with Crippen molar-refractivity contribution in [1.29, 1.82) is 0 Å². The topological polar surface area (TPSA) is 80.7 Å². The highest BCUT2D eigenvalue weighted by atomic mass is 35.5. The van der Waals surface area contributed by atoms with Gasteiger partial charge in [-0.25, -0.2) is 17.6 Å². The second-order valence-electron chi connectivity index (χ2n) is 4.49. The Morgan fingerprint density at radius 3 is 2.75 bits per heavy atom. The van der Waals surface area contributed by atoms with E-state index in [0.29, 0.717) is 13.0 Å². The number of hydrogen-bond donors (Lipinski definition) is 1. The summed E-state index contributed by atoms with van der Waals surface area (Å²) in [5, 5.41) is 8.29. The minimum absolute atomic E-state index is 0.298.